The van der Waals surface area contributed by atoms with Crippen LogP contribution in [0.25, 0.3) is 11.0 Å². The Hall–Kier alpha value is -3.11. The van der Waals surface area contributed by atoms with Crippen LogP contribution >= 0.6 is 0 Å². The fourth-order valence-corrected chi connectivity index (χ4v) is 5.35. The molecule has 35 heavy (non-hydrogen) atoms. The maximum Gasteiger partial charge on any atom is 0.203 e. The van der Waals surface area contributed by atoms with E-state index in [1.807, 2.05) is 0 Å². The fraction of sp³-hybridized carbons (Fsp3) is 0.387. The van der Waals surface area contributed by atoms with E-state index in [1.54, 1.807) is 7.11 Å². The van der Waals surface area contributed by atoms with Crippen molar-refractivity contribution in [3.8, 4) is 0 Å². The normalized spacial score (nSPS) is 15.9. The number of methoxy groups -OCH3 is 1. The largest absolute Gasteiger partial charge is 0.377 e. The third-order valence-corrected chi connectivity index (χ3v) is 7.81. The van der Waals surface area contributed by atoms with Gasteiger partial charge in [-0.15, -0.1) is 0 Å². The summed E-state index contributed by atoms with van der Waals surface area (Å²) in [5.74, 6) is 0.567. The van der Waals surface area contributed by atoms with Gasteiger partial charge in [0.15, 0.2) is 0 Å². The molecule has 4 aromatic rings. The fourth-order valence-electron chi connectivity index (χ4n) is 5.35. The summed E-state index contributed by atoms with van der Waals surface area (Å²) >= 11 is 0. The third kappa shape index (κ3) is 4.48. The summed E-state index contributed by atoms with van der Waals surface area (Å²) in [5, 5.41) is 9.57. The third-order valence-electron chi connectivity index (χ3n) is 7.81. The van der Waals surface area contributed by atoms with E-state index in [2.05, 4.69) is 110 Å². The highest BCUT2D eigenvalue weighted by atomic mass is 16.5. The van der Waals surface area contributed by atoms with Crippen LogP contribution in [0.4, 0.5) is 0 Å². The van der Waals surface area contributed by atoms with Crippen LogP contribution in [0.2, 0.25) is 0 Å². The van der Waals surface area contributed by atoms with Gasteiger partial charge in [-0.3, -0.25) is 5.41 Å². The summed E-state index contributed by atoms with van der Waals surface area (Å²) in [4.78, 5) is 0. The van der Waals surface area contributed by atoms with Crippen molar-refractivity contribution < 1.29 is 4.74 Å². The van der Waals surface area contributed by atoms with Gasteiger partial charge in [-0.05, 0) is 76.1 Å². The number of benzene rings is 3. The van der Waals surface area contributed by atoms with Crippen molar-refractivity contribution in [1.82, 2.24) is 9.13 Å². The first kappa shape index (κ1) is 23.6. The van der Waals surface area contributed by atoms with E-state index < -0.39 is 5.60 Å². The average molecular weight is 468 g/mol. The number of para-hydroxylation sites is 2. The van der Waals surface area contributed by atoms with Crippen LogP contribution in [0.15, 0.2) is 72.8 Å². The molecule has 1 aliphatic carbocycles. The van der Waals surface area contributed by atoms with Crippen LogP contribution < -0.4 is 5.62 Å². The Balaban J connectivity index is 1.71. The van der Waals surface area contributed by atoms with E-state index in [4.69, 9.17) is 4.74 Å². The van der Waals surface area contributed by atoms with Gasteiger partial charge in [0.25, 0.3) is 0 Å². The minimum atomic E-state index is -0.459. The molecule has 0 spiro atoms. The van der Waals surface area contributed by atoms with E-state index in [0.717, 1.165) is 17.5 Å². The first-order valence-corrected chi connectivity index (χ1v) is 12.7. The van der Waals surface area contributed by atoms with Crippen molar-refractivity contribution in [2.24, 2.45) is 5.92 Å². The number of aryl methyl sites for hydroxylation is 2. The van der Waals surface area contributed by atoms with Crippen LogP contribution in [0, 0.1) is 25.2 Å². The van der Waals surface area contributed by atoms with Crippen molar-refractivity contribution in [2.45, 2.75) is 64.6 Å². The Morgan fingerprint density at radius 1 is 0.857 bits per heavy atom. The molecule has 1 aliphatic rings. The first-order valence-electron chi connectivity index (χ1n) is 12.7. The lowest BCUT2D eigenvalue weighted by atomic mass is 9.91. The number of aromatic nitrogens is 2. The molecule has 4 nitrogen and oxygen atoms in total. The highest BCUT2D eigenvalue weighted by molar-refractivity contribution is 5.76. The molecular formula is C31H37N3O. The monoisotopic (exact) mass is 467 g/mol. The molecule has 1 fully saturated rings. The lowest BCUT2D eigenvalue weighted by molar-refractivity contribution is -0.0228. The molecule has 0 aliphatic heterocycles. The summed E-state index contributed by atoms with van der Waals surface area (Å²) in [6.45, 7) is 8.53. The topological polar surface area (TPSA) is 42.9 Å². The van der Waals surface area contributed by atoms with Gasteiger partial charge in [-0.1, -0.05) is 71.8 Å². The van der Waals surface area contributed by atoms with E-state index >= 15 is 0 Å². The molecule has 1 aromatic heterocycles. The van der Waals surface area contributed by atoms with Gasteiger partial charge in [0.1, 0.15) is 0 Å². The van der Waals surface area contributed by atoms with Gasteiger partial charge >= 0.3 is 0 Å². The second-order valence-corrected chi connectivity index (χ2v) is 10.8. The Morgan fingerprint density at radius 2 is 1.40 bits per heavy atom. The molecule has 0 amide bonds. The zero-order valence-electron chi connectivity index (χ0n) is 21.6. The Labute approximate surface area is 208 Å². The van der Waals surface area contributed by atoms with Crippen LogP contribution in [-0.2, 0) is 11.2 Å². The Bertz CT molecular complexity index is 1370. The number of nitrogens with zero attached hydrogens (tertiary/aromatic N) is 2. The van der Waals surface area contributed by atoms with Crippen molar-refractivity contribution in [3.05, 3.63) is 101 Å². The predicted octanol–water partition coefficient (Wildman–Crippen LogP) is 6.75. The maximum atomic E-state index is 9.57. The van der Waals surface area contributed by atoms with E-state index in [0.29, 0.717) is 11.5 Å². The van der Waals surface area contributed by atoms with Crippen LogP contribution in [0.5, 0.6) is 0 Å². The molecular weight excluding hydrogens is 430 g/mol. The molecule has 4 heteroatoms. The molecule has 0 saturated heterocycles. The molecule has 5 rings (SSSR count). The minimum absolute atomic E-state index is 0.0354. The average Bonchev–Trinajstić information content (AvgIpc) is 3.65. The van der Waals surface area contributed by atoms with Crippen LogP contribution in [-0.4, -0.2) is 21.8 Å². The molecule has 0 bridgehead atoms. The molecule has 1 heterocycles. The number of rotatable bonds is 8. The van der Waals surface area contributed by atoms with Crippen LogP contribution in [0.3, 0.4) is 0 Å². The Kier molecular flexibility index (Phi) is 6.18. The number of imidazole rings is 1. The lowest BCUT2D eigenvalue weighted by Crippen LogP contribution is -2.42. The number of fused-ring (bicyclic) bond motifs is 1. The van der Waals surface area contributed by atoms with Gasteiger partial charge in [0, 0.05) is 7.11 Å². The standard InChI is InChI=1S/C31H37N3O/c1-21-10-14-23(15-11-21)20-28(31(3,4)35-5)33-26-8-6-7-9-27(26)34(30(33)32)29(25-18-19-25)24-16-12-22(2)13-17-24/h6-17,25,28-29,32H,18-20H2,1-5H3/t28-,29?/m0/s1. The second kappa shape index (κ2) is 9.16. The molecule has 1 N–H and O–H groups in total. The van der Waals surface area contributed by atoms with Crippen LogP contribution in [0.1, 0.15) is 61.0 Å². The van der Waals surface area contributed by atoms with E-state index in [1.165, 1.54) is 35.1 Å². The molecule has 1 saturated carbocycles. The summed E-state index contributed by atoms with van der Waals surface area (Å²) in [6.07, 6.45) is 3.21. The van der Waals surface area contributed by atoms with Gasteiger partial charge in [0.05, 0.1) is 28.7 Å². The minimum Gasteiger partial charge on any atom is -0.377 e. The SMILES string of the molecule is COC(C)(C)[C@H](Cc1ccc(C)cc1)n1c(=N)n(C(c2ccc(C)cc2)C2CC2)c2ccccc21. The summed E-state index contributed by atoms with van der Waals surface area (Å²) in [5.41, 5.74) is 7.37. The molecule has 2 atom stereocenters. The summed E-state index contributed by atoms with van der Waals surface area (Å²) in [7, 11) is 1.78. The summed E-state index contributed by atoms with van der Waals surface area (Å²) in [6, 6.07) is 26.3. The quantitative estimate of drug-likeness (QED) is 0.306. The van der Waals surface area contributed by atoms with E-state index in [-0.39, 0.29) is 12.1 Å². The molecule has 182 valence electrons. The lowest BCUT2D eigenvalue weighted by Gasteiger charge is -2.35. The highest BCUT2D eigenvalue weighted by Crippen LogP contribution is 2.44. The number of hydrogen-bond acceptors (Lipinski definition) is 2. The zero-order valence-corrected chi connectivity index (χ0v) is 21.6. The number of hydrogen-bond donors (Lipinski definition) is 1. The number of ether oxygens (including phenoxy) is 1. The second-order valence-electron chi connectivity index (χ2n) is 10.8. The number of nitrogens with one attached hydrogen (secondary N) is 1. The molecule has 3 aromatic carbocycles. The summed E-state index contributed by atoms with van der Waals surface area (Å²) < 4.78 is 10.6. The zero-order chi connectivity index (χ0) is 24.7. The smallest absolute Gasteiger partial charge is 0.203 e. The van der Waals surface area contributed by atoms with Crippen molar-refractivity contribution in [2.75, 3.05) is 7.11 Å². The first-order chi connectivity index (χ1) is 16.8. The maximum absolute atomic E-state index is 9.57. The predicted molar refractivity (Wildman–Crippen MR) is 143 cm³/mol. The van der Waals surface area contributed by atoms with E-state index in [9.17, 15) is 5.41 Å². The highest BCUT2D eigenvalue weighted by Gasteiger charge is 2.38. The van der Waals surface area contributed by atoms with Crippen molar-refractivity contribution >= 4 is 11.0 Å². The molecule has 0 radical (unpaired) electrons. The molecule has 1 unspecified atom stereocenters. The van der Waals surface area contributed by atoms with Gasteiger partial charge in [-0.2, -0.15) is 0 Å². The van der Waals surface area contributed by atoms with Gasteiger partial charge in [-0.25, -0.2) is 0 Å². The van der Waals surface area contributed by atoms with Gasteiger partial charge in [0.2, 0.25) is 5.62 Å². The van der Waals surface area contributed by atoms with Crippen molar-refractivity contribution in [3.63, 3.8) is 0 Å². The van der Waals surface area contributed by atoms with Crippen molar-refractivity contribution in [1.29, 1.82) is 5.41 Å². The Morgan fingerprint density at radius 3 is 1.94 bits per heavy atom. The van der Waals surface area contributed by atoms with Gasteiger partial charge < -0.3 is 13.9 Å².